The summed E-state index contributed by atoms with van der Waals surface area (Å²) in [4.78, 5) is 17.3. The summed E-state index contributed by atoms with van der Waals surface area (Å²) in [5.41, 5.74) is 4.31. The average molecular weight is 486 g/mol. The highest BCUT2D eigenvalue weighted by Gasteiger charge is 2.17. The van der Waals surface area contributed by atoms with E-state index in [1.54, 1.807) is 31.4 Å². The third-order valence-corrected chi connectivity index (χ3v) is 6.23. The summed E-state index contributed by atoms with van der Waals surface area (Å²) in [6.45, 7) is 0. The molecule has 3 aromatic carbocycles. The summed E-state index contributed by atoms with van der Waals surface area (Å²) in [5, 5.41) is 13.8. The Bertz CT molecular complexity index is 1350. The SMILES string of the molecule is COc1ccc(-c2cc(-c3ccccc3)c(C#N)c(SCC(=O)Nc3cccc(Cl)c3)n2)cc1. The molecule has 0 saturated carbocycles. The van der Waals surface area contributed by atoms with Gasteiger partial charge in [0.1, 0.15) is 16.8 Å². The number of carbonyl (C=O) groups excluding carboxylic acids is 1. The number of thioether (sulfide) groups is 1. The van der Waals surface area contributed by atoms with Crippen LogP contribution in [0.5, 0.6) is 5.75 Å². The van der Waals surface area contributed by atoms with Crippen molar-refractivity contribution in [1.29, 1.82) is 5.26 Å². The van der Waals surface area contributed by atoms with Crippen LogP contribution in [0.15, 0.2) is 90.0 Å². The number of nitriles is 1. The van der Waals surface area contributed by atoms with Gasteiger partial charge in [-0.2, -0.15) is 5.26 Å². The van der Waals surface area contributed by atoms with Gasteiger partial charge in [0, 0.05) is 21.8 Å². The molecule has 1 aromatic heterocycles. The number of ether oxygens (including phenoxy) is 1. The number of methoxy groups -OCH3 is 1. The Labute approximate surface area is 207 Å². The first-order valence-electron chi connectivity index (χ1n) is 10.4. The number of halogens is 1. The van der Waals surface area contributed by atoms with Crippen molar-refractivity contribution in [3.05, 3.63) is 95.5 Å². The second-order valence-electron chi connectivity index (χ2n) is 7.29. The molecule has 1 heterocycles. The number of carbonyl (C=O) groups is 1. The Morgan fingerprint density at radius 1 is 1.03 bits per heavy atom. The molecule has 0 aliphatic rings. The van der Waals surface area contributed by atoms with Crippen LogP contribution in [0.1, 0.15) is 5.56 Å². The lowest BCUT2D eigenvalue weighted by Gasteiger charge is -2.13. The van der Waals surface area contributed by atoms with Gasteiger partial charge >= 0.3 is 0 Å². The fraction of sp³-hybridized carbons (Fsp3) is 0.0741. The second-order valence-corrected chi connectivity index (χ2v) is 8.69. The highest BCUT2D eigenvalue weighted by atomic mass is 35.5. The van der Waals surface area contributed by atoms with Gasteiger partial charge in [0.05, 0.1) is 24.1 Å². The van der Waals surface area contributed by atoms with Crippen LogP contribution in [-0.4, -0.2) is 23.8 Å². The van der Waals surface area contributed by atoms with E-state index in [-0.39, 0.29) is 11.7 Å². The molecule has 0 bridgehead atoms. The molecule has 0 aliphatic heterocycles. The van der Waals surface area contributed by atoms with Crippen molar-refractivity contribution in [2.75, 3.05) is 18.2 Å². The molecule has 4 rings (SSSR count). The maximum absolute atomic E-state index is 12.6. The Balaban J connectivity index is 1.68. The summed E-state index contributed by atoms with van der Waals surface area (Å²) >= 11 is 7.23. The number of nitrogens with zero attached hydrogens (tertiary/aromatic N) is 2. The summed E-state index contributed by atoms with van der Waals surface area (Å²) in [5.74, 6) is 0.621. The van der Waals surface area contributed by atoms with Crippen LogP contribution in [0.2, 0.25) is 5.02 Å². The molecule has 0 unspecified atom stereocenters. The molecule has 0 radical (unpaired) electrons. The minimum Gasteiger partial charge on any atom is -0.497 e. The van der Waals surface area contributed by atoms with Crippen LogP contribution in [0.25, 0.3) is 22.4 Å². The van der Waals surface area contributed by atoms with Crippen LogP contribution < -0.4 is 10.1 Å². The highest BCUT2D eigenvalue weighted by molar-refractivity contribution is 8.00. The van der Waals surface area contributed by atoms with E-state index in [2.05, 4.69) is 11.4 Å². The van der Waals surface area contributed by atoms with Gasteiger partial charge in [-0.05, 0) is 54.1 Å². The fourth-order valence-electron chi connectivity index (χ4n) is 3.39. The molecule has 1 amide bonds. The first-order chi connectivity index (χ1) is 16.6. The molecule has 0 saturated heterocycles. The van der Waals surface area contributed by atoms with Crippen LogP contribution in [0, 0.1) is 11.3 Å². The van der Waals surface area contributed by atoms with Crippen molar-refractivity contribution < 1.29 is 9.53 Å². The zero-order chi connectivity index (χ0) is 23.9. The maximum atomic E-state index is 12.6. The number of anilines is 1. The summed E-state index contributed by atoms with van der Waals surface area (Å²) in [6, 6.07) is 28.4. The molecule has 7 heteroatoms. The number of benzene rings is 3. The number of hydrogen-bond acceptors (Lipinski definition) is 5. The number of pyridine rings is 1. The molecule has 168 valence electrons. The third kappa shape index (κ3) is 5.57. The molecule has 0 aliphatic carbocycles. The normalized spacial score (nSPS) is 10.4. The summed E-state index contributed by atoms with van der Waals surface area (Å²) in [6.07, 6.45) is 0. The van der Waals surface area contributed by atoms with Gasteiger partial charge < -0.3 is 10.1 Å². The molecule has 5 nitrogen and oxygen atoms in total. The van der Waals surface area contributed by atoms with Gasteiger partial charge in [-0.15, -0.1) is 0 Å². The summed E-state index contributed by atoms with van der Waals surface area (Å²) < 4.78 is 5.26. The molecule has 1 N–H and O–H groups in total. The zero-order valence-corrected chi connectivity index (χ0v) is 19.9. The fourth-order valence-corrected chi connectivity index (χ4v) is 4.38. The lowest BCUT2D eigenvalue weighted by molar-refractivity contribution is -0.113. The minimum absolute atomic E-state index is 0.0918. The van der Waals surface area contributed by atoms with E-state index >= 15 is 0 Å². The van der Waals surface area contributed by atoms with Gasteiger partial charge in [0.2, 0.25) is 5.91 Å². The third-order valence-electron chi connectivity index (χ3n) is 5.02. The number of rotatable bonds is 7. The average Bonchev–Trinajstić information content (AvgIpc) is 2.87. The lowest BCUT2D eigenvalue weighted by Crippen LogP contribution is -2.14. The van der Waals surface area contributed by atoms with E-state index in [0.29, 0.717) is 27.0 Å². The van der Waals surface area contributed by atoms with Gasteiger partial charge in [0.15, 0.2) is 0 Å². The number of aromatic nitrogens is 1. The standard InChI is InChI=1S/C27H20ClN3O2S/c1-33-22-12-10-19(11-13-22)25-15-23(18-6-3-2-4-7-18)24(16-29)27(31-25)34-17-26(32)30-21-9-5-8-20(28)14-21/h2-15H,17H2,1H3,(H,30,32). The van der Waals surface area contributed by atoms with Gasteiger partial charge in [-0.25, -0.2) is 4.98 Å². The van der Waals surface area contributed by atoms with Crippen LogP contribution in [0.4, 0.5) is 5.69 Å². The van der Waals surface area contributed by atoms with E-state index in [9.17, 15) is 10.1 Å². The molecule has 0 spiro atoms. The number of amides is 1. The number of hydrogen-bond donors (Lipinski definition) is 1. The molecule has 0 fully saturated rings. The van der Waals surface area contributed by atoms with Gasteiger partial charge in [0.25, 0.3) is 0 Å². The molecular weight excluding hydrogens is 466 g/mol. The molecule has 34 heavy (non-hydrogen) atoms. The number of nitrogens with one attached hydrogen (secondary N) is 1. The predicted octanol–water partition coefficient (Wildman–Crippen LogP) is 6.68. The first-order valence-corrected chi connectivity index (χ1v) is 11.8. The largest absolute Gasteiger partial charge is 0.497 e. The minimum atomic E-state index is -0.214. The molecule has 4 aromatic rings. The van der Waals surface area contributed by atoms with Gasteiger partial charge in [-0.3, -0.25) is 4.79 Å². The van der Waals surface area contributed by atoms with Crippen molar-refractivity contribution in [2.24, 2.45) is 0 Å². The van der Waals surface area contributed by atoms with E-state index in [1.165, 1.54) is 11.8 Å². The van der Waals surface area contributed by atoms with Crippen molar-refractivity contribution in [3.63, 3.8) is 0 Å². The Kier molecular flexibility index (Phi) is 7.48. The zero-order valence-electron chi connectivity index (χ0n) is 18.3. The second kappa shape index (κ2) is 10.9. The molecule has 0 atom stereocenters. The smallest absolute Gasteiger partial charge is 0.234 e. The Morgan fingerprint density at radius 2 is 1.79 bits per heavy atom. The summed E-state index contributed by atoms with van der Waals surface area (Å²) in [7, 11) is 1.62. The van der Waals surface area contributed by atoms with Crippen LogP contribution >= 0.6 is 23.4 Å². The van der Waals surface area contributed by atoms with Crippen molar-refractivity contribution >= 4 is 35.0 Å². The molecular formula is C27H20ClN3O2S. The topological polar surface area (TPSA) is 75.0 Å². The first kappa shape index (κ1) is 23.4. The monoisotopic (exact) mass is 485 g/mol. The lowest BCUT2D eigenvalue weighted by atomic mass is 9.99. The Hall–Kier alpha value is -3.79. The van der Waals surface area contributed by atoms with Gasteiger partial charge in [-0.1, -0.05) is 59.8 Å². The van der Waals surface area contributed by atoms with Crippen molar-refractivity contribution in [3.8, 4) is 34.2 Å². The maximum Gasteiger partial charge on any atom is 0.234 e. The van der Waals surface area contributed by atoms with E-state index in [4.69, 9.17) is 21.3 Å². The van der Waals surface area contributed by atoms with Crippen molar-refractivity contribution in [2.45, 2.75) is 5.03 Å². The Morgan fingerprint density at radius 3 is 2.47 bits per heavy atom. The van der Waals surface area contributed by atoms with Crippen molar-refractivity contribution in [1.82, 2.24) is 4.98 Å². The quantitative estimate of drug-likeness (QED) is 0.295. The van der Waals surface area contributed by atoms with Crippen LogP contribution in [-0.2, 0) is 4.79 Å². The highest BCUT2D eigenvalue weighted by Crippen LogP contribution is 2.34. The van der Waals surface area contributed by atoms with E-state index in [1.807, 2.05) is 60.7 Å². The predicted molar refractivity (Wildman–Crippen MR) is 137 cm³/mol. The van der Waals surface area contributed by atoms with E-state index in [0.717, 1.165) is 22.4 Å². The van der Waals surface area contributed by atoms with Crippen LogP contribution in [0.3, 0.4) is 0 Å². The van der Waals surface area contributed by atoms with E-state index < -0.39 is 0 Å².